The lowest BCUT2D eigenvalue weighted by molar-refractivity contribution is -0.139. The zero-order chi connectivity index (χ0) is 19.8. The van der Waals surface area contributed by atoms with E-state index in [1.54, 1.807) is 12.1 Å². The minimum atomic E-state index is -0.810. The summed E-state index contributed by atoms with van der Waals surface area (Å²) in [4.78, 5) is 11.3. The third kappa shape index (κ3) is 7.46. The van der Waals surface area contributed by atoms with E-state index < -0.39 is 12.0 Å². The molecule has 0 bridgehead atoms. The Morgan fingerprint density at radius 3 is 2.56 bits per heavy atom. The Kier molecular flexibility index (Phi) is 8.50. The molecule has 0 amide bonds. The monoisotopic (exact) mass is 485 g/mol. The number of carboxylic acid groups (broad SMARTS) is 1. The average Bonchev–Trinajstić information content (AvgIpc) is 2.62. The molecule has 1 atom stereocenters. The summed E-state index contributed by atoms with van der Waals surface area (Å²) in [6.07, 6.45) is 1.32. The number of rotatable bonds is 10. The maximum absolute atomic E-state index is 13.0. The van der Waals surface area contributed by atoms with Crippen LogP contribution in [-0.2, 0) is 17.8 Å². The number of carboxylic acids is 1. The van der Waals surface area contributed by atoms with Crippen molar-refractivity contribution in [1.29, 1.82) is 0 Å². The Morgan fingerprint density at radius 1 is 1.22 bits per heavy atom. The Labute approximate surface area is 173 Å². The van der Waals surface area contributed by atoms with Crippen molar-refractivity contribution < 1.29 is 19.0 Å². The van der Waals surface area contributed by atoms with Gasteiger partial charge in [0.2, 0.25) is 0 Å². The number of nitrogens with one attached hydrogen (secondary N) is 1. The van der Waals surface area contributed by atoms with Crippen molar-refractivity contribution in [3.05, 3.63) is 63.0 Å². The maximum Gasteiger partial charge on any atom is 0.320 e. The zero-order valence-electron chi connectivity index (χ0n) is 15.5. The summed E-state index contributed by atoms with van der Waals surface area (Å²) in [5.74, 6) is -0.0108. The first-order valence-electron chi connectivity index (χ1n) is 8.97. The predicted molar refractivity (Wildman–Crippen MR) is 112 cm³/mol. The van der Waals surface area contributed by atoms with Crippen molar-refractivity contribution >= 4 is 28.6 Å². The quantitative estimate of drug-likeness (QED) is 0.482. The molecule has 2 aromatic carbocycles. The van der Waals surface area contributed by atoms with Crippen LogP contribution in [0.2, 0.25) is 0 Å². The number of halogens is 2. The van der Waals surface area contributed by atoms with Gasteiger partial charge in [-0.1, -0.05) is 26.0 Å². The summed E-state index contributed by atoms with van der Waals surface area (Å²) in [5, 5.41) is 12.4. The topological polar surface area (TPSA) is 58.6 Å². The van der Waals surface area contributed by atoms with Crippen molar-refractivity contribution in [2.75, 3.05) is 6.54 Å². The van der Waals surface area contributed by atoms with E-state index in [0.29, 0.717) is 31.9 Å². The minimum absolute atomic E-state index is 0.264. The van der Waals surface area contributed by atoms with E-state index in [1.807, 2.05) is 32.0 Å². The Hall–Kier alpha value is -1.67. The van der Waals surface area contributed by atoms with E-state index in [2.05, 4.69) is 27.9 Å². The van der Waals surface area contributed by atoms with Gasteiger partial charge in [-0.25, -0.2) is 4.39 Å². The number of carbonyl (C=O) groups is 1. The van der Waals surface area contributed by atoms with Crippen molar-refractivity contribution in [2.45, 2.75) is 39.3 Å². The SMILES string of the molecule is CC(C)C[C@H](NCCc1cc(OCc2ccc(F)cc2)ccc1I)C(=O)O. The van der Waals surface area contributed by atoms with Gasteiger partial charge in [0.1, 0.15) is 24.2 Å². The van der Waals surface area contributed by atoms with Crippen LogP contribution in [-0.4, -0.2) is 23.7 Å². The van der Waals surface area contributed by atoms with Gasteiger partial charge in [0.05, 0.1) is 0 Å². The molecule has 0 saturated carbocycles. The molecule has 2 N–H and O–H groups in total. The highest BCUT2D eigenvalue weighted by Gasteiger charge is 2.17. The number of hydrogen-bond donors (Lipinski definition) is 2. The summed E-state index contributed by atoms with van der Waals surface area (Å²) < 4.78 is 19.9. The van der Waals surface area contributed by atoms with E-state index in [1.165, 1.54) is 12.1 Å². The number of benzene rings is 2. The van der Waals surface area contributed by atoms with Gasteiger partial charge in [-0.05, 0) is 82.8 Å². The van der Waals surface area contributed by atoms with Gasteiger partial charge in [0, 0.05) is 10.1 Å². The second-order valence-electron chi connectivity index (χ2n) is 6.89. The lowest BCUT2D eigenvalue weighted by Crippen LogP contribution is -2.38. The van der Waals surface area contributed by atoms with E-state index in [-0.39, 0.29) is 5.82 Å². The van der Waals surface area contributed by atoms with Crippen LogP contribution in [0.25, 0.3) is 0 Å². The maximum atomic E-state index is 13.0. The first-order valence-corrected chi connectivity index (χ1v) is 10.0. The number of aliphatic carboxylic acids is 1. The van der Waals surface area contributed by atoms with Gasteiger partial charge in [0.15, 0.2) is 0 Å². The predicted octanol–water partition coefficient (Wildman–Crippen LogP) is 4.64. The van der Waals surface area contributed by atoms with E-state index in [4.69, 9.17) is 4.74 Å². The molecule has 0 aliphatic heterocycles. The molecule has 2 rings (SSSR count). The highest BCUT2D eigenvalue weighted by Crippen LogP contribution is 2.21. The normalized spacial score (nSPS) is 12.2. The molecule has 27 heavy (non-hydrogen) atoms. The second-order valence-corrected chi connectivity index (χ2v) is 8.06. The summed E-state index contributed by atoms with van der Waals surface area (Å²) in [7, 11) is 0. The third-order valence-corrected chi connectivity index (χ3v) is 5.18. The van der Waals surface area contributed by atoms with Gasteiger partial charge in [-0.15, -0.1) is 0 Å². The van der Waals surface area contributed by atoms with Crippen LogP contribution in [0.5, 0.6) is 5.75 Å². The summed E-state index contributed by atoms with van der Waals surface area (Å²) in [6.45, 7) is 4.99. The second kappa shape index (κ2) is 10.6. The fourth-order valence-corrected chi connectivity index (χ4v) is 3.31. The number of hydrogen-bond acceptors (Lipinski definition) is 3. The average molecular weight is 485 g/mol. The van der Waals surface area contributed by atoms with Crippen LogP contribution in [0.15, 0.2) is 42.5 Å². The fraction of sp³-hybridized carbons (Fsp3) is 0.381. The van der Waals surface area contributed by atoms with Crippen LogP contribution in [0.3, 0.4) is 0 Å². The van der Waals surface area contributed by atoms with Crippen molar-refractivity contribution in [1.82, 2.24) is 5.32 Å². The molecule has 0 aromatic heterocycles. The molecular formula is C21H25FINO3. The highest BCUT2D eigenvalue weighted by atomic mass is 127. The summed E-state index contributed by atoms with van der Waals surface area (Å²) in [6, 6.07) is 11.6. The molecule has 146 valence electrons. The first kappa shape index (κ1) is 21.6. The van der Waals surface area contributed by atoms with Gasteiger partial charge < -0.3 is 15.2 Å². The van der Waals surface area contributed by atoms with Crippen LogP contribution in [0, 0.1) is 15.3 Å². The van der Waals surface area contributed by atoms with Crippen LogP contribution in [0.4, 0.5) is 4.39 Å². The molecule has 6 heteroatoms. The third-order valence-electron chi connectivity index (χ3n) is 4.13. The largest absolute Gasteiger partial charge is 0.489 e. The minimum Gasteiger partial charge on any atom is -0.489 e. The lowest BCUT2D eigenvalue weighted by atomic mass is 10.0. The van der Waals surface area contributed by atoms with Crippen LogP contribution >= 0.6 is 22.6 Å². The molecule has 0 spiro atoms. The van der Waals surface area contributed by atoms with E-state index >= 15 is 0 Å². The van der Waals surface area contributed by atoms with E-state index in [9.17, 15) is 14.3 Å². The standard InChI is InChI=1S/C21H25FINO3/c1-14(2)11-20(21(25)26)24-10-9-16-12-18(7-8-19(16)23)27-13-15-3-5-17(22)6-4-15/h3-8,12,14,20,24H,9-11,13H2,1-2H3,(H,25,26)/t20-/m0/s1. The first-order chi connectivity index (χ1) is 12.8. The van der Waals surface area contributed by atoms with Gasteiger partial charge >= 0.3 is 5.97 Å². The van der Waals surface area contributed by atoms with E-state index in [0.717, 1.165) is 20.4 Å². The summed E-state index contributed by atoms with van der Waals surface area (Å²) >= 11 is 2.27. The molecule has 4 nitrogen and oxygen atoms in total. The summed E-state index contributed by atoms with van der Waals surface area (Å²) in [5.41, 5.74) is 2.00. The van der Waals surface area contributed by atoms with Crippen molar-refractivity contribution in [3.63, 3.8) is 0 Å². The molecule has 0 unspecified atom stereocenters. The van der Waals surface area contributed by atoms with Crippen molar-refractivity contribution in [2.24, 2.45) is 5.92 Å². The molecule has 2 aromatic rings. The molecule has 0 heterocycles. The Morgan fingerprint density at radius 2 is 1.93 bits per heavy atom. The Balaban J connectivity index is 1.92. The molecule has 0 radical (unpaired) electrons. The molecule has 0 saturated heterocycles. The van der Waals surface area contributed by atoms with Crippen molar-refractivity contribution in [3.8, 4) is 5.75 Å². The lowest BCUT2D eigenvalue weighted by Gasteiger charge is -2.17. The fourth-order valence-electron chi connectivity index (χ4n) is 2.70. The molecule has 0 fully saturated rings. The van der Waals surface area contributed by atoms with Gasteiger partial charge in [0.25, 0.3) is 0 Å². The van der Waals surface area contributed by atoms with Crippen LogP contribution < -0.4 is 10.1 Å². The Bertz CT molecular complexity index is 750. The molecule has 0 aliphatic rings. The number of ether oxygens (including phenoxy) is 1. The smallest absolute Gasteiger partial charge is 0.320 e. The molecular weight excluding hydrogens is 460 g/mol. The van der Waals surface area contributed by atoms with Gasteiger partial charge in [-0.2, -0.15) is 0 Å². The van der Waals surface area contributed by atoms with Gasteiger partial charge in [-0.3, -0.25) is 4.79 Å². The van der Waals surface area contributed by atoms with Crippen LogP contribution in [0.1, 0.15) is 31.4 Å². The highest BCUT2D eigenvalue weighted by molar-refractivity contribution is 14.1. The zero-order valence-corrected chi connectivity index (χ0v) is 17.7. The molecule has 0 aliphatic carbocycles.